The summed E-state index contributed by atoms with van der Waals surface area (Å²) in [5.41, 5.74) is 4.09. The quantitative estimate of drug-likeness (QED) is 0.927. The smallest absolute Gasteiger partial charge is 0.225 e. The SMILES string of the molecule is Cc1cc(C)n(-c2ccc([C@H](C)NC(=O)[C@H]3CC(=O)N(C)C3)cc2)n1. The molecule has 0 saturated carbocycles. The fraction of sp³-hybridized carbons (Fsp3) is 0.421. The predicted octanol–water partition coefficient (Wildman–Crippen LogP) is 2.14. The number of aromatic nitrogens is 2. The van der Waals surface area contributed by atoms with E-state index in [-0.39, 0.29) is 23.8 Å². The standard InChI is InChI=1S/C19H24N4O2/c1-12-9-13(2)23(21-12)17-7-5-15(6-8-17)14(3)20-19(25)16-10-18(24)22(4)11-16/h5-9,14,16H,10-11H2,1-4H3,(H,20,25)/t14-,16-/m0/s1. The maximum Gasteiger partial charge on any atom is 0.225 e. The lowest BCUT2D eigenvalue weighted by molar-refractivity contribution is -0.128. The van der Waals surface area contributed by atoms with Crippen molar-refractivity contribution in [2.24, 2.45) is 5.92 Å². The number of carbonyl (C=O) groups is 2. The molecule has 1 saturated heterocycles. The van der Waals surface area contributed by atoms with Gasteiger partial charge in [-0.15, -0.1) is 0 Å². The summed E-state index contributed by atoms with van der Waals surface area (Å²) in [5, 5.41) is 7.49. The van der Waals surface area contributed by atoms with Gasteiger partial charge in [-0.2, -0.15) is 5.10 Å². The Morgan fingerprint density at radius 1 is 1.28 bits per heavy atom. The van der Waals surface area contributed by atoms with E-state index in [2.05, 4.69) is 10.4 Å². The highest BCUT2D eigenvalue weighted by molar-refractivity contribution is 5.89. The molecule has 6 nitrogen and oxygen atoms in total. The normalized spacial score (nSPS) is 18.5. The zero-order valence-electron chi connectivity index (χ0n) is 15.1. The average molecular weight is 340 g/mol. The highest BCUT2D eigenvalue weighted by Crippen LogP contribution is 2.20. The molecule has 0 spiro atoms. The number of benzene rings is 1. The number of nitrogens with one attached hydrogen (secondary N) is 1. The highest BCUT2D eigenvalue weighted by Gasteiger charge is 2.32. The number of carbonyl (C=O) groups excluding carboxylic acids is 2. The molecule has 1 aliphatic rings. The van der Waals surface area contributed by atoms with Crippen LogP contribution < -0.4 is 5.32 Å². The van der Waals surface area contributed by atoms with Crippen LogP contribution in [-0.2, 0) is 9.59 Å². The minimum absolute atomic E-state index is 0.0297. The van der Waals surface area contributed by atoms with Crippen molar-refractivity contribution < 1.29 is 9.59 Å². The van der Waals surface area contributed by atoms with Crippen LogP contribution in [-0.4, -0.2) is 40.1 Å². The minimum Gasteiger partial charge on any atom is -0.349 e. The number of nitrogens with zero attached hydrogens (tertiary/aromatic N) is 3. The van der Waals surface area contributed by atoms with Gasteiger partial charge in [-0.25, -0.2) is 4.68 Å². The fourth-order valence-electron chi connectivity index (χ4n) is 3.25. The van der Waals surface area contributed by atoms with Gasteiger partial charge in [-0.05, 0) is 44.5 Å². The second kappa shape index (κ2) is 6.70. The lowest BCUT2D eigenvalue weighted by Crippen LogP contribution is -2.34. The van der Waals surface area contributed by atoms with Gasteiger partial charge >= 0.3 is 0 Å². The second-order valence-corrected chi connectivity index (χ2v) is 6.84. The Balaban J connectivity index is 1.67. The molecule has 3 rings (SSSR count). The number of rotatable bonds is 4. The summed E-state index contributed by atoms with van der Waals surface area (Å²) in [5.74, 6) is -0.288. The Bertz CT molecular complexity index is 794. The molecule has 1 aromatic heterocycles. The van der Waals surface area contributed by atoms with Gasteiger partial charge in [0.15, 0.2) is 0 Å². The first kappa shape index (κ1) is 17.2. The van der Waals surface area contributed by atoms with Gasteiger partial charge in [-0.1, -0.05) is 12.1 Å². The fourth-order valence-corrected chi connectivity index (χ4v) is 3.25. The summed E-state index contributed by atoms with van der Waals surface area (Å²) in [6, 6.07) is 9.94. The van der Waals surface area contributed by atoms with E-state index in [0.29, 0.717) is 13.0 Å². The molecule has 1 N–H and O–H groups in total. The van der Waals surface area contributed by atoms with Crippen LogP contribution in [0.1, 0.15) is 36.3 Å². The number of amides is 2. The van der Waals surface area contributed by atoms with E-state index in [1.165, 1.54) is 0 Å². The summed E-state index contributed by atoms with van der Waals surface area (Å²) in [4.78, 5) is 25.5. The maximum atomic E-state index is 12.4. The van der Waals surface area contributed by atoms with Crippen molar-refractivity contribution in [2.45, 2.75) is 33.2 Å². The molecule has 25 heavy (non-hydrogen) atoms. The van der Waals surface area contributed by atoms with Gasteiger partial charge in [0.25, 0.3) is 0 Å². The molecule has 1 aliphatic heterocycles. The van der Waals surface area contributed by atoms with Crippen LogP contribution >= 0.6 is 0 Å². The summed E-state index contributed by atoms with van der Waals surface area (Å²) in [7, 11) is 1.73. The lowest BCUT2D eigenvalue weighted by Gasteiger charge is -2.17. The first-order valence-corrected chi connectivity index (χ1v) is 8.53. The third-order valence-corrected chi connectivity index (χ3v) is 4.72. The summed E-state index contributed by atoms with van der Waals surface area (Å²) >= 11 is 0. The van der Waals surface area contributed by atoms with Gasteiger partial charge in [0, 0.05) is 25.7 Å². The molecular weight excluding hydrogens is 316 g/mol. The number of aryl methyl sites for hydroxylation is 2. The first-order valence-electron chi connectivity index (χ1n) is 8.53. The molecule has 0 aliphatic carbocycles. The van der Waals surface area contributed by atoms with Crippen molar-refractivity contribution in [3.8, 4) is 5.69 Å². The minimum atomic E-state index is -0.256. The number of hydrogen-bond donors (Lipinski definition) is 1. The van der Waals surface area contributed by atoms with Crippen LogP contribution in [0.5, 0.6) is 0 Å². The molecule has 0 unspecified atom stereocenters. The number of hydrogen-bond acceptors (Lipinski definition) is 3. The van der Waals surface area contributed by atoms with E-state index in [9.17, 15) is 9.59 Å². The van der Waals surface area contributed by atoms with Gasteiger partial charge < -0.3 is 10.2 Å². The topological polar surface area (TPSA) is 67.2 Å². The third kappa shape index (κ3) is 3.57. The highest BCUT2D eigenvalue weighted by atomic mass is 16.2. The van der Waals surface area contributed by atoms with Crippen LogP contribution in [0.4, 0.5) is 0 Å². The number of likely N-dealkylation sites (tertiary alicyclic amines) is 1. The molecule has 2 atom stereocenters. The largest absolute Gasteiger partial charge is 0.349 e. The monoisotopic (exact) mass is 340 g/mol. The Labute approximate surface area is 147 Å². The van der Waals surface area contributed by atoms with Gasteiger partial charge in [0.1, 0.15) is 0 Å². The maximum absolute atomic E-state index is 12.4. The van der Waals surface area contributed by atoms with Crippen LogP contribution in [0, 0.1) is 19.8 Å². The van der Waals surface area contributed by atoms with Gasteiger partial charge in [0.2, 0.25) is 11.8 Å². The van der Waals surface area contributed by atoms with E-state index >= 15 is 0 Å². The van der Waals surface area contributed by atoms with Crippen molar-refractivity contribution in [3.63, 3.8) is 0 Å². The molecule has 0 radical (unpaired) electrons. The van der Waals surface area contributed by atoms with Crippen LogP contribution in [0.2, 0.25) is 0 Å². The summed E-state index contributed by atoms with van der Waals surface area (Å²) in [6.45, 7) is 6.45. The summed E-state index contributed by atoms with van der Waals surface area (Å²) < 4.78 is 1.91. The molecular formula is C19H24N4O2. The molecule has 6 heteroatoms. The van der Waals surface area contributed by atoms with E-state index in [1.54, 1.807) is 11.9 Å². The average Bonchev–Trinajstić information content (AvgIpc) is 3.09. The predicted molar refractivity (Wildman–Crippen MR) is 95.3 cm³/mol. The van der Waals surface area contributed by atoms with E-state index in [0.717, 1.165) is 22.6 Å². The van der Waals surface area contributed by atoms with Crippen LogP contribution in [0.15, 0.2) is 30.3 Å². The van der Waals surface area contributed by atoms with Crippen LogP contribution in [0.3, 0.4) is 0 Å². The first-order chi connectivity index (χ1) is 11.8. The zero-order chi connectivity index (χ0) is 18.1. The second-order valence-electron chi connectivity index (χ2n) is 6.84. The summed E-state index contributed by atoms with van der Waals surface area (Å²) in [6.07, 6.45) is 0.298. The molecule has 2 heterocycles. The van der Waals surface area contributed by atoms with Gasteiger partial charge in [0.05, 0.1) is 23.3 Å². The van der Waals surface area contributed by atoms with Gasteiger partial charge in [-0.3, -0.25) is 9.59 Å². The third-order valence-electron chi connectivity index (χ3n) is 4.72. The van der Waals surface area contributed by atoms with Crippen molar-refractivity contribution in [1.29, 1.82) is 0 Å². The van der Waals surface area contributed by atoms with Crippen molar-refractivity contribution >= 4 is 11.8 Å². The zero-order valence-corrected chi connectivity index (χ0v) is 15.1. The molecule has 132 valence electrons. The Morgan fingerprint density at radius 2 is 1.96 bits per heavy atom. The Kier molecular flexibility index (Phi) is 4.61. The van der Waals surface area contributed by atoms with Crippen LogP contribution in [0.25, 0.3) is 5.69 Å². The molecule has 1 aromatic carbocycles. The van der Waals surface area contributed by atoms with E-state index in [1.807, 2.05) is 55.8 Å². The Hall–Kier alpha value is -2.63. The molecule has 2 amide bonds. The molecule has 2 aromatic rings. The Morgan fingerprint density at radius 3 is 2.48 bits per heavy atom. The van der Waals surface area contributed by atoms with Crippen molar-refractivity contribution in [3.05, 3.63) is 47.3 Å². The lowest BCUT2D eigenvalue weighted by atomic mass is 10.0. The molecule has 0 bridgehead atoms. The van der Waals surface area contributed by atoms with E-state index < -0.39 is 0 Å². The van der Waals surface area contributed by atoms with E-state index in [4.69, 9.17) is 0 Å². The molecule has 1 fully saturated rings. The van der Waals surface area contributed by atoms with Crippen molar-refractivity contribution in [2.75, 3.05) is 13.6 Å². The van der Waals surface area contributed by atoms with Crippen molar-refractivity contribution in [1.82, 2.24) is 20.0 Å².